The highest BCUT2D eigenvalue weighted by atomic mass is 16.1. The van der Waals surface area contributed by atoms with Gasteiger partial charge in [0.25, 0.3) is 0 Å². The molecule has 1 N–H and O–H groups in total. The van der Waals surface area contributed by atoms with Crippen molar-refractivity contribution < 1.29 is 4.79 Å². The van der Waals surface area contributed by atoms with Crippen LogP contribution in [-0.2, 0) is 11.2 Å². The first kappa shape index (κ1) is 15.2. The van der Waals surface area contributed by atoms with Gasteiger partial charge in [0.15, 0.2) is 0 Å². The number of aromatic nitrogens is 1. The lowest BCUT2D eigenvalue weighted by molar-refractivity contribution is -0.122. The first-order chi connectivity index (χ1) is 10.3. The molecule has 0 saturated carbocycles. The van der Waals surface area contributed by atoms with E-state index >= 15 is 0 Å². The van der Waals surface area contributed by atoms with Crippen molar-refractivity contribution in [2.24, 2.45) is 0 Å². The third-order valence-corrected chi connectivity index (χ3v) is 3.50. The molecule has 1 heterocycles. The molecule has 2 rings (SSSR count). The summed E-state index contributed by atoms with van der Waals surface area (Å²) in [6, 6.07) is 15.8. The van der Waals surface area contributed by atoms with Gasteiger partial charge in [-0.3, -0.25) is 9.78 Å². The Labute approximate surface area is 126 Å². The number of hydrogen-bond acceptors (Lipinski definition) is 2. The zero-order valence-electron chi connectivity index (χ0n) is 12.5. The van der Waals surface area contributed by atoms with Gasteiger partial charge in [-0.1, -0.05) is 49.7 Å². The molecule has 1 atom stereocenters. The van der Waals surface area contributed by atoms with E-state index in [0.717, 1.165) is 30.5 Å². The SMILES string of the molecule is CCC[C@@H](C(=O)NCCc1ccccn1)c1ccccc1. The van der Waals surface area contributed by atoms with Crippen LogP contribution in [0.3, 0.4) is 0 Å². The molecule has 110 valence electrons. The fourth-order valence-electron chi connectivity index (χ4n) is 2.41. The van der Waals surface area contributed by atoms with E-state index in [1.807, 2.05) is 48.5 Å². The van der Waals surface area contributed by atoms with E-state index in [9.17, 15) is 4.79 Å². The summed E-state index contributed by atoms with van der Waals surface area (Å²) in [5, 5.41) is 3.04. The minimum absolute atomic E-state index is 0.0556. The molecule has 0 aliphatic carbocycles. The number of nitrogens with one attached hydrogen (secondary N) is 1. The van der Waals surface area contributed by atoms with E-state index in [1.165, 1.54) is 0 Å². The van der Waals surface area contributed by atoms with Crippen molar-refractivity contribution in [1.82, 2.24) is 10.3 Å². The van der Waals surface area contributed by atoms with Crippen LogP contribution in [0.25, 0.3) is 0 Å². The Morgan fingerprint density at radius 2 is 1.90 bits per heavy atom. The van der Waals surface area contributed by atoms with Crippen molar-refractivity contribution >= 4 is 5.91 Å². The van der Waals surface area contributed by atoms with E-state index in [1.54, 1.807) is 6.20 Å². The summed E-state index contributed by atoms with van der Waals surface area (Å²) >= 11 is 0. The number of hydrogen-bond donors (Lipinski definition) is 1. The maximum atomic E-state index is 12.4. The fourth-order valence-corrected chi connectivity index (χ4v) is 2.41. The van der Waals surface area contributed by atoms with Crippen molar-refractivity contribution in [2.45, 2.75) is 32.1 Å². The van der Waals surface area contributed by atoms with Gasteiger partial charge in [-0.2, -0.15) is 0 Å². The maximum absolute atomic E-state index is 12.4. The second-order valence-electron chi connectivity index (χ2n) is 5.11. The average molecular weight is 282 g/mol. The molecule has 0 saturated heterocycles. The van der Waals surface area contributed by atoms with Crippen LogP contribution < -0.4 is 5.32 Å². The number of carbonyl (C=O) groups is 1. The first-order valence-corrected chi connectivity index (χ1v) is 7.54. The number of carbonyl (C=O) groups excluding carboxylic acids is 1. The predicted octanol–water partition coefficient (Wildman–Crippen LogP) is 3.32. The molecule has 0 aliphatic rings. The van der Waals surface area contributed by atoms with E-state index in [-0.39, 0.29) is 11.8 Å². The van der Waals surface area contributed by atoms with Crippen molar-refractivity contribution in [3.05, 3.63) is 66.0 Å². The van der Waals surface area contributed by atoms with Crippen LogP contribution in [0.5, 0.6) is 0 Å². The normalized spacial score (nSPS) is 11.9. The zero-order chi connectivity index (χ0) is 14.9. The van der Waals surface area contributed by atoms with Gasteiger partial charge in [-0.15, -0.1) is 0 Å². The van der Waals surface area contributed by atoms with E-state index in [0.29, 0.717) is 6.54 Å². The van der Waals surface area contributed by atoms with E-state index in [4.69, 9.17) is 0 Å². The Morgan fingerprint density at radius 1 is 1.14 bits per heavy atom. The van der Waals surface area contributed by atoms with E-state index in [2.05, 4.69) is 17.2 Å². The minimum Gasteiger partial charge on any atom is -0.355 e. The quantitative estimate of drug-likeness (QED) is 0.846. The van der Waals surface area contributed by atoms with Crippen LogP contribution in [0, 0.1) is 0 Å². The van der Waals surface area contributed by atoms with E-state index < -0.39 is 0 Å². The molecule has 21 heavy (non-hydrogen) atoms. The standard InChI is InChI=1S/C18H22N2O/c1-2-8-17(15-9-4-3-5-10-15)18(21)20-14-12-16-11-6-7-13-19-16/h3-7,9-11,13,17H,2,8,12,14H2,1H3,(H,20,21)/t17-/m1/s1. The Bertz CT molecular complexity index is 540. The molecule has 1 amide bonds. The van der Waals surface area contributed by atoms with Crippen molar-refractivity contribution in [3.8, 4) is 0 Å². The second kappa shape index (κ2) is 8.20. The fraction of sp³-hybridized carbons (Fsp3) is 0.333. The van der Waals surface area contributed by atoms with Gasteiger partial charge in [0.05, 0.1) is 5.92 Å². The molecular formula is C18H22N2O. The Balaban J connectivity index is 1.90. The molecule has 0 aliphatic heterocycles. The number of pyridine rings is 1. The highest BCUT2D eigenvalue weighted by Gasteiger charge is 2.18. The second-order valence-corrected chi connectivity index (χ2v) is 5.11. The average Bonchev–Trinajstić information content (AvgIpc) is 2.54. The molecule has 1 aromatic heterocycles. The Hall–Kier alpha value is -2.16. The number of nitrogens with zero attached hydrogens (tertiary/aromatic N) is 1. The summed E-state index contributed by atoms with van der Waals surface area (Å²) < 4.78 is 0. The van der Waals surface area contributed by atoms with Gasteiger partial charge < -0.3 is 5.32 Å². The monoisotopic (exact) mass is 282 g/mol. The van der Waals surface area contributed by atoms with Crippen LogP contribution in [0.15, 0.2) is 54.7 Å². The summed E-state index contributed by atoms with van der Waals surface area (Å²) in [5.74, 6) is 0.0545. The smallest absolute Gasteiger partial charge is 0.227 e. The molecular weight excluding hydrogens is 260 g/mol. The van der Waals surface area contributed by atoms with Gasteiger partial charge in [-0.05, 0) is 24.1 Å². The van der Waals surface area contributed by atoms with Crippen molar-refractivity contribution in [3.63, 3.8) is 0 Å². The number of rotatable bonds is 7. The summed E-state index contributed by atoms with van der Waals surface area (Å²) in [7, 11) is 0. The third-order valence-electron chi connectivity index (χ3n) is 3.50. The van der Waals surface area contributed by atoms with Gasteiger partial charge in [0.2, 0.25) is 5.91 Å². The minimum atomic E-state index is -0.0556. The summed E-state index contributed by atoms with van der Waals surface area (Å²) in [5.41, 5.74) is 2.10. The highest BCUT2D eigenvalue weighted by Crippen LogP contribution is 2.21. The molecule has 0 unspecified atom stereocenters. The molecule has 0 radical (unpaired) electrons. The number of benzene rings is 1. The van der Waals surface area contributed by atoms with Gasteiger partial charge >= 0.3 is 0 Å². The van der Waals surface area contributed by atoms with Gasteiger partial charge in [0.1, 0.15) is 0 Å². The maximum Gasteiger partial charge on any atom is 0.227 e. The van der Waals surface area contributed by atoms with Crippen molar-refractivity contribution in [1.29, 1.82) is 0 Å². The summed E-state index contributed by atoms with van der Waals surface area (Å²) in [4.78, 5) is 16.7. The number of amides is 1. The van der Waals surface area contributed by atoms with Crippen LogP contribution in [0.2, 0.25) is 0 Å². The first-order valence-electron chi connectivity index (χ1n) is 7.54. The van der Waals surface area contributed by atoms with Crippen LogP contribution in [0.1, 0.15) is 36.9 Å². The van der Waals surface area contributed by atoms with Crippen molar-refractivity contribution in [2.75, 3.05) is 6.54 Å². The largest absolute Gasteiger partial charge is 0.355 e. The summed E-state index contributed by atoms with van der Waals surface area (Å²) in [6.07, 6.45) is 4.41. The molecule has 0 bridgehead atoms. The highest BCUT2D eigenvalue weighted by molar-refractivity contribution is 5.83. The van der Waals surface area contributed by atoms with Gasteiger partial charge in [0, 0.05) is 24.9 Å². The lowest BCUT2D eigenvalue weighted by Gasteiger charge is -2.16. The molecule has 3 nitrogen and oxygen atoms in total. The zero-order valence-corrected chi connectivity index (χ0v) is 12.5. The Morgan fingerprint density at radius 3 is 2.57 bits per heavy atom. The van der Waals surface area contributed by atoms with Crippen LogP contribution >= 0.6 is 0 Å². The lowest BCUT2D eigenvalue weighted by Crippen LogP contribution is -2.31. The molecule has 1 aromatic carbocycles. The summed E-state index contributed by atoms with van der Waals surface area (Å²) in [6.45, 7) is 2.74. The lowest BCUT2D eigenvalue weighted by atomic mass is 9.93. The molecule has 3 heteroatoms. The molecule has 0 spiro atoms. The Kier molecular flexibility index (Phi) is 5.95. The van der Waals surface area contributed by atoms with Crippen LogP contribution in [0.4, 0.5) is 0 Å². The third kappa shape index (κ3) is 4.71. The molecule has 2 aromatic rings. The topological polar surface area (TPSA) is 42.0 Å². The van der Waals surface area contributed by atoms with Gasteiger partial charge in [-0.25, -0.2) is 0 Å². The van der Waals surface area contributed by atoms with Crippen LogP contribution in [-0.4, -0.2) is 17.4 Å². The molecule has 0 fully saturated rings. The predicted molar refractivity (Wildman–Crippen MR) is 85.0 cm³/mol.